The van der Waals surface area contributed by atoms with Crippen molar-refractivity contribution in [3.05, 3.63) is 51.3 Å². The minimum atomic E-state index is -0.356. The van der Waals surface area contributed by atoms with E-state index in [0.717, 1.165) is 35.1 Å². The van der Waals surface area contributed by atoms with Crippen LogP contribution in [0.25, 0.3) is 0 Å². The molecule has 0 bridgehead atoms. The van der Waals surface area contributed by atoms with Crippen molar-refractivity contribution < 1.29 is 5.11 Å². The van der Waals surface area contributed by atoms with Crippen LogP contribution in [0.3, 0.4) is 0 Å². The molecule has 2 unspecified atom stereocenters. The van der Waals surface area contributed by atoms with Crippen LogP contribution in [0.1, 0.15) is 41.8 Å². The largest absolute Gasteiger partial charge is 0.392 e. The molecule has 3 rings (SSSR count). The average Bonchev–Trinajstić information content (AvgIpc) is 3.03. The number of halogens is 1. The zero-order valence-electron chi connectivity index (χ0n) is 12.5. The van der Waals surface area contributed by atoms with Gasteiger partial charge in [-0.2, -0.15) is 5.10 Å². The van der Waals surface area contributed by atoms with Gasteiger partial charge < -0.3 is 5.11 Å². The average molecular weight is 349 g/mol. The van der Waals surface area contributed by atoms with Crippen LogP contribution in [0.15, 0.2) is 28.7 Å². The number of benzene rings is 1. The predicted octanol–water partition coefficient (Wildman–Crippen LogP) is 3.38. The zero-order valence-corrected chi connectivity index (χ0v) is 14.1. The van der Waals surface area contributed by atoms with Crippen molar-refractivity contribution >= 4 is 15.9 Å². The van der Waals surface area contributed by atoms with Crippen LogP contribution in [-0.4, -0.2) is 21.0 Å². The normalized spacial score (nSPS) is 18.8. The molecule has 112 valence electrons. The smallest absolute Gasteiger partial charge is 0.0766 e. The topological polar surface area (TPSA) is 38.0 Å². The molecule has 0 radical (unpaired) electrons. The molecule has 1 heterocycles. The monoisotopic (exact) mass is 348 g/mol. The Kier molecular flexibility index (Phi) is 4.18. The van der Waals surface area contributed by atoms with Gasteiger partial charge in [0.05, 0.1) is 22.0 Å². The maximum atomic E-state index is 10.7. The summed E-state index contributed by atoms with van der Waals surface area (Å²) in [6.07, 6.45) is 3.30. The van der Waals surface area contributed by atoms with Gasteiger partial charge in [-0.1, -0.05) is 31.2 Å². The van der Waals surface area contributed by atoms with Crippen LogP contribution >= 0.6 is 15.9 Å². The summed E-state index contributed by atoms with van der Waals surface area (Å²) in [5.41, 5.74) is 4.86. The van der Waals surface area contributed by atoms with Gasteiger partial charge in [0.1, 0.15) is 0 Å². The van der Waals surface area contributed by atoms with E-state index in [0.29, 0.717) is 6.42 Å². The minimum absolute atomic E-state index is 0.244. The Balaban J connectivity index is 1.82. The second-order valence-corrected chi connectivity index (χ2v) is 6.59. The van der Waals surface area contributed by atoms with E-state index >= 15 is 0 Å². The lowest BCUT2D eigenvalue weighted by Crippen LogP contribution is -2.21. The SMILES string of the molecule is CCc1nn(C)c(CC(O)C2CCc3ccccc32)c1Br. The molecule has 21 heavy (non-hydrogen) atoms. The predicted molar refractivity (Wildman–Crippen MR) is 87.5 cm³/mol. The number of rotatable bonds is 4. The van der Waals surface area contributed by atoms with E-state index in [9.17, 15) is 5.11 Å². The first-order chi connectivity index (χ1) is 10.1. The van der Waals surface area contributed by atoms with Crippen molar-refractivity contribution in [1.82, 2.24) is 9.78 Å². The summed E-state index contributed by atoms with van der Waals surface area (Å²) in [6.45, 7) is 2.10. The number of aliphatic hydroxyl groups excluding tert-OH is 1. The first kappa shape index (κ1) is 14.8. The van der Waals surface area contributed by atoms with Gasteiger partial charge in [-0.3, -0.25) is 4.68 Å². The molecule has 3 nitrogen and oxygen atoms in total. The van der Waals surface area contributed by atoms with E-state index in [1.807, 2.05) is 11.7 Å². The first-order valence-corrected chi connectivity index (χ1v) is 8.37. The Bertz CT molecular complexity index is 650. The lowest BCUT2D eigenvalue weighted by molar-refractivity contribution is 0.140. The van der Waals surface area contributed by atoms with Gasteiger partial charge in [0.25, 0.3) is 0 Å². The van der Waals surface area contributed by atoms with E-state index < -0.39 is 0 Å². The number of fused-ring (bicyclic) bond motifs is 1. The fourth-order valence-corrected chi connectivity index (χ4v) is 4.15. The summed E-state index contributed by atoms with van der Waals surface area (Å²) in [4.78, 5) is 0. The van der Waals surface area contributed by atoms with Crippen molar-refractivity contribution in [3.8, 4) is 0 Å². The first-order valence-electron chi connectivity index (χ1n) is 7.58. The molecule has 2 aromatic rings. The standard InChI is InChI=1S/C17H21BrN2O/c1-3-14-17(18)15(20(2)19-14)10-16(21)13-9-8-11-6-4-5-7-12(11)13/h4-7,13,16,21H,3,8-10H2,1-2H3. The highest BCUT2D eigenvalue weighted by molar-refractivity contribution is 9.10. The Morgan fingerprint density at radius 1 is 1.43 bits per heavy atom. The van der Waals surface area contributed by atoms with Crippen molar-refractivity contribution in [3.63, 3.8) is 0 Å². The third kappa shape index (κ3) is 2.67. The second kappa shape index (κ2) is 5.93. The fraction of sp³-hybridized carbons (Fsp3) is 0.471. The van der Waals surface area contributed by atoms with Gasteiger partial charge in [-0.15, -0.1) is 0 Å². The molecule has 0 aliphatic heterocycles. The molecule has 4 heteroatoms. The maximum absolute atomic E-state index is 10.7. The summed E-state index contributed by atoms with van der Waals surface area (Å²) in [6, 6.07) is 8.49. The van der Waals surface area contributed by atoms with E-state index in [2.05, 4.69) is 52.2 Å². The van der Waals surface area contributed by atoms with Crippen LogP contribution in [-0.2, 0) is 26.3 Å². The van der Waals surface area contributed by atoms with Gasteiger partial charge in [0, 0.05) is 19.4 Å². The number of aryl methyl sites for hydroxylation is 3. The molecule has 1 aliphatic carbocycles. The highest BCUT2D eigenvalue weighted by atomic mass is 79.9. The van der Waals surface area contributed by atoms with E-state index in [-0.39, 0.29) is 12.0 Å². The molecule has 1 N–H and O–H groups in total. The van der Waals surface area contributed by atoms with Gasteiger partial charge in [0.15, 0.2) is 0 Å². The third-order valence-electron chi connectivity index (χ3n) is 4.55. The second-order valence-electron chi connectivity index (χ2n) is 5.80. The molecule has 0 amide bonds. The van der Waals surface area contributed by atoms with Gasteiger partial charge in [0.2, 0.25) is 0 Å². The summed E-state index contributed by atoms with van der Waals surface area (Å²) >= 11 is 3.64. The number of aromatic nitrogens is 2. The van der Waals surface area contributed by atoms with E-state index in [4.69, 9.17) is 0 Å². The van der Waals surface area contributed by atoms with Crippen LogP contribution in [0.4, 0.5) is 0 Å². The zero-order chi connectivity index (χ0) is 15.0. The Labute approximate surface area is 134 Å². The molecule has 1 aromatic carbocycles. The van der Waals surface area contributed by atoms with Crippen molar-refractivity contribution in [2.75, 3.05) is 0 Å². The van der Waals surface area contributed by atoms with Gasteiger partial charge in [-0.05, 0) is 46.3 Å². The summed E-state index contributed by atoms with van der Waals surface area (Å²) in [5.74, 6) is 0.244. The summed E-state index contributed by atoms with van der Waals surface area (Å²) < 4.78 is 2.95. The van der Waals surface area contributed by atoms with Gasteiger partial charge >= 0.3 is 0 Å². The Morgan fingerprint density at radius 2 is 2.19 bits per heavy atom. The molecule has 2 atom stereocenters. The third-order valence-corrected chi connectivity index (χ3v) is 5.46. The molecule has 0 saturated heterocycles. The minimum Gasteiger partial charge on any atom is -0.392 e. The highest BCUT2D eigenvalue weighted by Gasteiger charge is 2.29. The van der Waals surface area contributed by atoms with Crippen LogP contribution in [0, 0.1) is 0 Å². The fourth-order valence-electron chi connectivity index (χ4n) is 3.37. The molecule has 0 spiro atoms. The maximum Gasteiger partial charge on any atom is 0.0766 e. The number of hydrogen-bond donors (Lipinski definition) is 1. The quantitative estimate of drug-likeness (QED) is 0.919. The van der Waals surface area contributed by atoms with Crippen LogP contribution in [0.5, 0.6) is 0 Å². The lowest BCUT2D eigenvalue weighted by atomic mass is 9.92. The highest BCUT2D eigenvalue weighted by Crippen LogP contribution is 2.37. The van der Waals surface area contributed by atoms with Crippen molar-refractivity contribution in [2.45, 2.75) is 44.6 Å². The van der Waals surface area contributed by atoms with Crippen molar-refractivity contribution in [2.24, 2.45) is 7.05 Å². The van der Waals surface area contributed by atoms with E-state index in [1.165, 1.54) is 11.1 Å². The van der Waals surface area contributed by atoms with Crippen LogP contribution < -0.4 is 0 Å². The molecule has 1 aliphatic rings. The van der Waals surface area contributed by atoms with Gasteiger partial charge in [-0.25, -0.2) is 0 Å². The van der Waals surface area contributed by atoms with Crippen molar-refractivity contribution in [1.29, 1.82) is 0 Å². The Hall–Kier alpha value is -1.13. The molecular formula is C17H21BrN2O. The number of hydrogen-bond acceptors (Lipinski definition) is 2. The summed E-state index contributed by atoms with van der Waals surface area (Å²) in [5, 5.41) is 15.2. The molecule has 1 aromatic heterocycles. The van der Waals surface area contributed by atoms with E-state index in [1.54, 1.807) is 0 Å². The molecule has 0 fully saturated rings. The summed E-state index contributed by atoms with van der Waals surface area (Å²) in [7, 11) is 1.95. The van der Waals surface area contributed by atoms with Crippen LogP contribution in [0.2, 0.25) is 0 Å². The number of nitrogens with zero attached hydrogens (tertiary/aromatic N) is 2. The Morgan fingerprint density at radius 3 is 2.90 bits per heavy atom. The molecular weight excluding hydrogens is 328 g/mol. The molecule has 0 saturated carbocycles. The number of aliphatic hydroxyl groups is 1. The lowest BCUT2D eigenvalue weighted by Gasteiger charge is -2.19.